The molecule has 1 heterocycles. The van der Waals surface area contributed by atoms with Crippen LogP contribution in [0.15, 0.2) is 24.3 Å². The Hall–Kier alpha value is -1.55. The highest BCUT2D eigenvalue weighted by molar-refractivity contribution is 5.71. The van der Waals surface area contributed by atoms with E-state index in [-0.39, 0.29) is 12.3 Å². The van der Waals surface area contributed by atoms with E-state index in [0.717, 1.165) is 25.1 Å². The largest absolute Gasteiger partial charge is 0.481 e. The third kappa shape index (κ3) is 2.58. The van der Waals surface area contributed by atoms with Crippen LogP contribution in [-0.2, 0) is 4.79 Å². The molecule has 1 aromatic rings. The first-order chi connectivity index (χ1) is 8.22. The molecule has 3 N–H and O–H groups in total. The normalized spacial score (nSPS) is 18.2. The van der Waals surface area contributed by atoms with Crippen LogP contribution in [0, 0.1) is 0 Å². The van der Waals surface area contributed by atoms with Gasteiger partial charge in [0.05, 0.1) is 6.42 Å². The Kier molecular flexibility index (Phi) is 3.64. The number of hydrogen-bond acceptors (Lipinski definition) is 3. The van der Waals surface area contributed by atoms with Crippen molar-refractivity contribution in [3.05, 3.63) is 29.8 Å². The lowest BCUT2D eigenvalue weighted by molar-refractivity contribution is -0.137. The number of aliphatic carboxylic acids is 1. The second-order valence-electron chi connectivity index (χ2n) is 4.44. The average Bonchev–Trinajstić information content (AvgIpc) is 2.65. The van der Waals surface area contributed by atoms with Gasteiger partial charge in [-0.3, -0.25) is 4.79 Å². The number of carboxylic acids is 1. The van der Waals surface area contributed by atoms with Crippen LogP contribution in [0.1, 0.15) is 24.3 Å². The lowest BCUT2D eigenvalue weighted by Gasteiger charge is -2.19. The second-order valence-corrected chi connectivity index (χ2v) is 4.44. The van der Waals surface area contributed by atoms with E-state index < -0.39 is 5.97 Å². The van der Waals surface area contributed by atoms with Gasteiger partial charge in [-0.25, -0.2) is 0 Å². The maximum atomic E-state index is 10.8. The standard InChI is InChI=1S/C13H18N2O2/c14-6-3-7-15-9-10(8-13(16)17)11-4-1-2-5-12(11)15/h1-2,4-5,10H,3,6-9,14H2,(H,16,17). The van der Waals surface area contributed by atoms with E-state index in [1.165, 1.54) is 5.69 Å². The van der Waals surface area contributed by atoms with Crippen molar-refractivity contribution in [3.63, 3.8) is 0 Å². The van der Waals surface area contributed by atoms with Crippen molar-refractivity contribution in [2.24, 2.45) is 5.73 Å². The zero-order chi connectivity index (χ0) is 12.3. The van der Waals surface area contributed by atoms with Crippen molar-refractivity contribution in [1.29, 1.82) is 0 Å². The molecule has 0 bridgehead atoms. The molecule has 0 saturated heterocycles. The van der Waals surface area contributed by atoms with Crippen LogP contribution in [-0.4, -0.2) is 30.7 Å². The molecule has 0 aromatic heterocycles. The summed E-state index contributed by atoms with van der Waals surface area (Å²) in [5.41, 5.74) is 7.85. The summed E-state index contributed by atoms with van der Waals surface area (Å²) in [5, 5.41) is 8.92. The molecule has 1 atom stereocenters. The topological polar surface area (TPSA) is 66.6 Å². The van der Waals surface area contributed by atoms with Crippen molar-refractivity contribution in [3.8, 4) is 0 Å². The van der Waals surface area contributed by atoms with Crippen molar-refractivity contribution >= 4 is 11.7 Å². The van der Waals surface area contributed by atoms with Crippen LogP contribution >= 0.6 is 0 Å². The number of nitrogens with two attached hydrogens (primary N) is 1. The second kappa shape index (κ2) is 5.19. The monoisotopic (exact) mass is 234 g/mol. The summed E-state index contributed by atoms with van der Waals surface area (Å²) in [6.45, 7) is 2.37. The molecule has 0 spiro atoms. The van der Waals surface area contributed by atoms with Crippen LogP contribution < -0.4 is 10.6 Å². The predicted octanol–water partition coefficient (Wildman–Crippen LogP) is 1.41. The SMILES string of the molecule is NCCCN1CC(CC(=O)O)c2ccccc21. The van der Waals surface area contributed by atoms with Crippen LogP contribution in [0.5, 0.6) is 0 Å². The van der Waals surface area contributed by atoms with E-state index in [1.807, 2.05) is 18.2 Å². The molecular weight excluding hydrogens is 216 g/mol. The molecule has 1 aromatic carbocycles. The fourth-order valence-corrected chi connectivity index (χ4v) is 2.46. The zero-order valence-corrected chi connectivity index (χ0v) is 9.80. The Bertz CT molecular complexity index is 406. The minimum Gasteiger partial charge on any atom is -0.481 e. The first-order valence-electron chi connectivity index (χ1n) is 5.98. The van der Waals surface area contributed by atoms with Crippen molar-refractivity contribution in [1.82, 2.24) is 0 Å². The first kappa shape index (κ1) is 11.9. The highest BCUT2D eigenvalue weighted by Gasteiger charge is 2.29. The maximum absolute atomic E-state index is 10.8. The van der Waals surface area contributed by atoms with E-state index in [0.29, 0.717) is 6.54 Å². The van der Waals surface area contributed by atoms with E-state index in [9.17, 15) is 4.79 Å². The quantitative estimate of drug-likeness (QED) is 0.808. The van der Waals surface area contributed by atoms with E-state index in [1.54, 1.807) is 0 Å². The fraction of sp³-hybridized carbons (Fsp3) is 0.462. The molecule has 0 fully saturated rings. The number of carbonyl (C=O) groups is 1. The number of anilines is 1. The maximum Gasteiger partial charge on any atom is 0.304 e. The molecular formula is C13H18N2O2. The van der Waals surface area contributed by atoms with Gasteiger partial charge in [0, 0.05) is 24.7 Å². The first-order valence-corrected chi connectivity index (χ1v) is 5.98. The lowest BCUT2D eigenvalue weighted by Crippen LogP contribution is -2.25. The highest BCUT2D eigenvalue weighted by atomic mass is 16.4. The van der Waals surface area contributed by atoms with Crippen molar-refractivity contribution in [2.45, 2.75) is 18.8 Å². The van der Waals surface area contributed by atoms with Gasteiger partial charge in [0.2, 0.25) is 0 Å². The van der Waals surface area contributed by atoms with Crippen molar-refractivity contribution in [2.75, 3.05) is 24.5 Å². The molecule has 1 aliphatic heterocycles. The Morgan fingerprint density at radius 2 is 2.24 bits per heavy atom. The Morgan fingerprint density at radius 3 is 2.94 bits per heavy atom. The van der Waals surface area contributed by atoms with Gasteiger partial charge >= 0.3 is 5.97 Å². The van der Waals surface area contributed by atoms with Gasteiger partial charge in [-0.05, 0) is 24.6 Å². The summed E-state index contributed by atoms with van der Waals surface area (Å²) < 4.78 is 0. The van der Waals surface area contributed by atoms with Crippen LogP contribution in [0.4, 0.5) is 5.69 Å². The number of benzene rings is 1. The van der Waals surface area contributed by atoms with Gasteiger partial charge in [-0.2, -0.15) is 0 Å². The van der Waals surface area contributed by atoms with Gasteiger partial charge in [0.15, 0.2) is 0 Å². The summed E-state index contributed by atoms with van der Waals surface area (Å²) in [6.07, 6.45) is 1.14. The molecule has 17 heavy (non-hydrogen) atoms. The Labute approximate surface area is 101 Å². The molecule has 2 rings (SSSR count). The van der Waals surface area contributed by atoms with E-state index in [4.69, 9.17) is 10.8 Å². The number of carboxylic acid groups (broad SMARTS) is 1. The molecule has 1 aliphatic rings. The van der Waals surface area contributed by atoms with E-state index >= 15 is 0 Å². The highest BCUT2D eigenvalue weighted by Crippen LogP contribution is 2.37. The minimum atomic E-state index is -0.731. The summed E-state index contributed by atoms with van der Waals surface area (Å²) >= 11 is 0. The molecule has 0 aliphatic carbocycles. The predicted molar refractivity (Wildman–Crippen MR) is 67.3 cm³/mol. The fourth-order valence-electron chi connectivity index (χ4n) is 2.46. The van der Waals surface area contributed by atoms with Gasteiger partial charge in [0.1, 0.15) is 0 Å². The Balaban J connectivity index is 2.17. The smallest absolute Gasteiger partial charge is 0.304 e. The Morgan fingerprint density at radius 1 is 1.47 bits per heavy atom. The summed E-state index contributed by atoms with van der Waals surface area (Å²) in [7, 11) is 0. The molecule has 0 saturated carbocycles. The lowest BCUT2D eigenvalue weighted by atomic mass is 9.98. The zero-order valence-electron chi connectivity index (χ0n) is 9.80. The van der Waals surface area contributed by atoms with Gasteiger partial charge in [-0.15, -0.1) is 0 Å². The number of nitrogens with zero attached hydrogens (tertiary/aromatic N) is 1. The van der Waals surface area contributed by atoms with Crippen LogP contribution in [0.2, 0.25) is 0 Å². The molecule has 0 amide bonds. The van der Waals surface area contributed by atoms with Crippen LogP contribution in [0.25, 0.3) is 0 Å². The molecule has 4 nitrogen and oxygen atoms in total. The molecule has 1 unspecified atom stereocenters. The van der Waals surface area contributed by atoms with Crippen LogP contribution in [0.3, 0.4) is 0 Å². The number of rotatable bonds is 5. The van der Waals surface area contributed by atoms with Gasteiger partial charge in [0.25, 0.3) is 0 Å². The van der Waals surface area contributed by atoms with Gasteiger partial charge < -0.3 is 15.7 Å². The third-order valence-corrected chi connectivity index (χ3v) is 3.21. The summed E-state index contributed by atoms with van der Waals surface area (Å²) in [4.78, 5) is 13.1. The minimum absolute atomic E-state index is 0.112. The number of para-hydroxylation sites is 1. The van der Waals surface area contributed by atoms with Gasteiger partial charge in [-0.1, -0.05) is 18.2 Å². The molecule has 4 heteroatoms. The number of fused-ring (bicyclic) bond motifs is 1. The number of hydrogen-bond donors (Lipinski definition) is 2. The molecule has 0 radical (unpaired) electrons. The van der Waals surface area contributed by atoms with E-state index in [2.05, 4.69) is 11.0 Å². The summed E-state index contributed by atoms with van der Waals surface area (Å²) in [5.74, 6) is -0.619. The molecule has 92 valence electrons. The van der Waals surface area contributed by atoms with Crippen molar-refractivity contribution < 1.29 is 9.90 Å². The average molecular weight is 234 g/mol. The third-order valence-electron chi connectivity index (χ3n) is 3.21. The summed E-state index contributed by atoms with van der Waals surface area (Å²) in [6, 6.07) is 8.07.